The lowest BCUT2D eigenvalue weighted by molar-refractivity contribution is 0.716. The van der Waals surface area contributed by atoms with Crippen molar-refractivity contribution in [1.29, 1.82) is 0 Å². The van der Waals surface area contributed by atoms with Crippen LogP contribution >= 0.6 is 0 Å². The van der Waals surface area contributed by atoms with Crippen LogP contribution in [0.4, 0.5) is 0 Å². The lowest BCUT2D eigenvalue weighted by atomic mass is 9.94. The number of hydrogen-bond donors (Lipinski definition) is 0. The summed E-state index contributed by atoms with van der Waals surface area (Å²) in [6, 6.07) is 4.69. The van der Waals surface area contributed by atoms with Crippen LogP contribution in [0.2, 0.25) is 0 Å². The van der Waals surface area contributed by atoms with E-state index in [1.165, 1.54) is 37.7 Å². The summed E-state index contributed by atoms with van der Waals surface area (Å²) in [5, 5.41) is 0. The molecule has 1 aliphatic carbocycles. The first-order chi connectivity index (χ1) is 7.86. The van der Waals surface area contributed by atoms with Crippen molar-refractivity contribution in [2.24, 2.45) is 0 Å². The fourth-order valence-electron chi connectivity index (χ4n) is 2.62. The Morgan fingerprint density at radius 3 is 2.62 bits per heavy atom. The van der Waals surface area contributed by atoms with Gasteiger partial charge in [-0.25, -0.2) is 0 Å². The molecule has 0 bridgehead atoms. The first-order valence-electron chi connectivity index (χ1n) is 6.67. The second-order valence-corrected chi connectivity index (χ2v) is 4.69. The van der Waals surface area contributed by atoms with E-state index in [4.69, 9.17) is 0 Å². The summed E-state index contributed by atoms with van der Waals surface area (Å²) in [7, 11) is 0. The molecule has 0 saturated carbocycles. The van der Waals surface area contributed by atoms with Crippen molar-refractivity contribution in [3.05, 3.63) is 40.5 Å². The molecule has 0 aliphatic heterocycles. The number of hydrogen-bond acceptors (Lipinski definition) is 0. The van der Waals surface area contributed by atoms with Gasteiger partial charge in [0, 0.05) is 0 Å². The molecule has 0 N–H and O–H groups in total. The topological polar surface area (TPSA) is 0 Å². The molecule has 0 radical (unpaired) electrons. The van der Waals surface area contributed by atoms with E-state index in [1.54, 1.807) is 16.7 Å². The fourth-order valence-corrected chi connectivity index (χ4v) is 2.62. The first-order valence-corrected chi connectivity index (χ1v) is 6.67. The lowest BCUT2D eigenvalue weighted by Crippen LogP contribution is -1.97. The molecule has 0 amide bonds. The SMILES string of the molecule is CCCCCc1ccc(CC)c2c1C=CC2. The van der Waals surface area contributed by atoms with Crippen LogP contribution in [0.5, 0.6) is 0 Å². The van der Waals surface area contributed by atoms with Crippen molar-refractivity contribution in [1.82, 2.24) is 0 Å². The third-order valence-electron chi connectivity index (χ3n) is 3.58. The average Bonchev–Trinajstić information content (AvgIpc) is 2.79. The van der Waals surface area contributed by atoms with E-state index in [-0.39, 0.29) is 0 Å². The number of aryl methyl sites for hydroxylation is 2. The minimum atomic E-state index is 1.15. The Hall–Kier alpha value is -1.04. The van der Waals surface area contributed by atoms with Gasteiger partial charge in [-0.15, -0.1) is 0 Å². The largest absolute Gasteiger partial charge is 0.0795 e. The summed E-state index contributed by atoms with van der Waals surface area (Å²) in [5.74, 6) is 0. The smallest absolute Gasteiger partial charge is 0.00853 e. The summed E-state index contributed by atoms with van der Waals surface area (Å²) in [6.45, 7) is 4.52. The monoisotopic (exact) mass is 214 g/mol. The number of fused-ring (bicyclic) bond motifs is 1. The molecular weight excluding hydrogens is 192 g/mol. The minimum Gasteiger partial charge on any atom is -0.0795 e. The molecule has 1 aromatic rings. The summed E-state index contributed by atoms with van der Waals surface area (Å²) >= 11 is 0. The Balaban J connectivity index is 2.20. The van der Waals surface area contributed by atoms with Gasteiger partial charge in [-0.05, 0) is 47.9 Å². The van der Waals surface area contributed by atoms with E-state index >= 15 is 0 Å². The zero-order valence-electron chi connectivity index (χ0n) is 10.6. The van der Waals surface area contributed by atoms with Crippen LogP contribution in [0.1, 0.15) is 55.4 Å². The van der Waals surface area contributed by atoms with Crippen molar-refractivity contribution in [2.75, 3.05) is 0 Å². The van der Waals surface area contributed by atoms with E-state index in [0.717, 1.165) is 6.42 Å². The summed E-state index contributed by atoms with van der Waals surface area (Å²) < 4.78 is 0. The molecule has 1 aliphatic rings. The minimum absolute atomic E-state index is 1.15. The number of rotatable bonds is 5. The van der Waals surface area contributed by atoms with E-state index in [2.05, 4.69) is 38.1 Å². The van der Waals surface area contributed by atoms with Crippen LogP contribution in [0, 0.1) is 0 Å². The zero-order valence-corrected chi connectivity index (χ0v) is 10.6. The molecule has 0 heterocycles. The third kappa shape index (κ3) is 2.21. The molecule has 86 valence electrons. The van der Waals surface area contributed by atoms with Crippen molar-refractivity contribution in [3.8, 4) is 0 Å². The Bertz CT molecular complexity index is 385. The predicted octanol–water partition coefficient (Wildman–Crippen LogP) is 4.55. The molecule has 0 atom stereocenters. The van der Waals surface area contributed by atoms with Crippen LogP contribution < -0.4 is 0 Å². The van der Waals surface area contributed by atoms with E-state index in [9.17, 15) is 0 Å². The van der Waals surface area contributed by atoms with E-state index < -0.39 is 0 Å². The quantitative estimate of drug-likeness (QED) is 0.631. The Labute approximate surface area is 99.4 Å². The van der Waals surface area contributed by atoms with Crippen molar-refractivity contribution >= 4 is 6.08 Å². The summed E-state index contributed by atoms with van der Waals surface area (Å²) in [4.78, 5) is 0. The molecule has 0 heteroatoms. The van der Waals surface area contributed by atoms with Crippen LogP contribution in [0.15, 0.2) is 18.2 Å². The fraction of sp³-hybridized carbons (Fsp3) is 0.500. The molecule has 0 unspecified atom stereocenters. The Morgan fingerprint density at radius 1 is 1.06 bits per heavy atom. The number of unbranched alkanes of at least 4 members (excludes halogenated alkanes) is 2. The van der Waals surface area contributed by atoms with Gasteiger partial charge >= 0.3 is 0 Å². The van der Waals surface area contributed by atoms with Crippen molar-refractivity contribution < 1.29 is 0 Å². The van der Waals surface area contributed by atoms with Gasteiger partial charge in [-0.1, -0.05) is 51.0 Å². The van der Waals surface area contributed by atoms with Crippen molar-refractivity contribution in [2.45, 2.75) is 52.4 Å². The van der Waals surface area contributed by atoms with Gasteiger partial charge in [0.25, 0.3) is 0 Å². The van der Waals surface area contributed by atoms with Gasteiger partial charge in [0.1, 0.15) is 0 Å². The van der Waals surface area contributed by atoms with Gasteiger partial charge in [-0.3, -0.25) is 0 Å². The first kappa shape index (κ1) is 11.4. The highest BCUT2D eigenvalue weighted by molar-refractivity contribution is 5.65. The molecule has 2 rings (SSSR count). The summed E-state index contributed by atoms with van der Waals surface area (Å²) in [6.07, 6.45) is 12.2. The second kappa shape index (κ2) is 5.34. The van der Waals surface area contributed by atoms with Crippen LogP contribution in [0.25, 0.3) is 6.08 Å². The zero-order chi connectivity index (χ0) is 11.4. The maximum absolute atomic E-state index is 2.35. The highest BCUT2D eigenvalue weighted by atomic mass is 14.2. The Morgan fingerprint density at radius 2 is 1.88 bits per heavy atom. The molecule has 0 fully saturated rings. The van der Waals surface area contributed by atoms with Crippen LogP contribution in [0.3, 0.4) is 0 Å². The van der Waals surface area contributed by atoms with E-state index in [0.29, 0.717) is 0 Å². The molecule has 1 aromatic carbocycles. The number of allylic oxidation sites excluding steroid dienone is 1. The third-order valence-corrected chi connectivity index (χ3v) is 3.58. The standard InChI is InChI=1S/C16H22/c1-3-5-6-8-14-12-11-13(4-2)15-9-7-10-16(14)15/h7,10-12H,3-6,8-9H2,1-2H3. The average molecular weight is 214 g/mol. The lowest BCUT2D eigenvalue weighted by Gasteiger charge is -2.11. The second-order valence-electron chi connectivity index (χ2n) is 4.69. The van der Waals surface area contributed by atoms with Crippen LogP contribution in [-0.2, 0) is 19.3 Å². The van der Waals surface area contributed by atoms with Gasteiger partial charge < -0.3 is 0 Å². The molecular formula is C16H22. The predicted molar refractivity (Wildman–Crippen MR) is 71.8 cm³/mol. The van der Waals surface area contributed by atoms with Crippen LogP contribution in [-0.4, -0.2) is 0 Å². The molecule has 16 heavy (non-hydrogen) atoms. The maximum atomic E-state index is 2.35. The molecule has 0 saturated heterocycles. The molecule has 0 nitrogen and oxygen atoms in total. The maximum Gasteiger partial charge on any atom is -0.00853 e. The normalized spacial score (nSPS) is 13.1. The molecule has 0 aromatic heterocycles. The van der Waals surface area contributed by atoms with Gasteiger partial charge in [-0.2, -0.15) is 0 Å². The van der Waals surface area contributed by atoms with Gasteiger partial charge in [0.2, 0.25) is 0 Å². The van der Waals surface area contributed by atoms with Gasteiger partial charge in [0.15, 0.2) is 0 Å². The van der Waals surface area contributed by atoms with Crippen molar-refractivity contribution in [3.63, 3.8) is 0 Å². The number of benzene rings is 1. The molecule has 0 spiro atoms. The highest BCUT2D eigenvalue weighted by Gasteiger charge is 2.12. The highest BCUT2D eigenvalue weighted by Crippen LogP contribution is 2.28. The van der Waals surface area contributed by atoms with Gasteiger partial charge in [0.05, 0.1) is 0 Å². The Kier molecular flexibility index (Phi) is 3.82. The van der Waals surface area contributed by atoms with E-state index in [1.807, 2.05) is 0 Å². The summed E-state index contributed by atoms with van der Waals surface area (Å²) in [5.41, 5.74) is 6.24.